The molecule has 4 aromatic rings. The van der Waals surface area contributed by atoms with Crippen LogP contribution in [0.2, 0.25) is 0 Å². The van der Waals surface area contributed by atoms with Gasteiger partial charge in [0, 0.05) is 12.7 Å². The maximum absolute atomic E-state index is 12.4. The second-order valence-corrected chi connectivity index (χ2v) is 6.56. The van der Waals surface area contributed by atoms with Crippen molar-refractivity contribution in [3.63, 3.8) is 0 Å². The van der Waals surface area contributed by atoms with E-state index in [1.54, 1.807) is 23.2 Å². The summed E-state index contributed by atoms with van der Waals surface area (Å²) >= 11 is 0. The molecule has 0 aliphatic rings. The Bertz CT molecular complexity index is 1060. The van der Waals surface area contributed by atoms with E-state index in [4.69, 9.17) is 9.15 Å². The highest BCUT2D eigenvalue weighted by molar-refractivity contribution is 5.92. The fraction of sp³-hybridized carbons (Fsp3) is 0.130. The molecule has 0 saturated carbocycles. The van der Waals surface area contributed by atoms with Crippen molar-refractivity contribution in [1.82, 2.24) is 15.1 Å². The molecule has 0 saturated heterocycles. The van der Waals surface area contributed by atoms with Crippen LogP contribution in [0.5, 0.6) is 0 Å². The zero-order valence-electron chi connectivity index (χ0n) is 15.8. The average molecular weight is 387 g/mol. The van der Waals surface area contributed by atoms with Gasteiger partial charge in [0.2, 0.25) is 0 Å². The summed E-state index contributed by atoms with van der Waals surface area (Å²) in [5.74, 6) is 0.586. The predicted molar refractivity (Wildman–Crippen MR) is 108 cm³/mol. The first-order chi connectivity index (χ1) is 14.3. The number of carbonyl (C=O) groups excluding carboxylic acids is 1. The maximum atomic E-state index is 12.4. The lowest BCUT2D eigenvalue weighted by Crippen LogP contribution is -2.23. The Balaban J connectivity index is 1.30. The molecule has 0 aliphatic heterocycles. The van der Waals surface area contributed by atoms with E-state index in [2.05, 4.69) is 10.4 Å². The molecule has 0 spiro atoms. The van der Waals surface area contributed by atoms with Gasteiger partial charge in [-0.15, -0.1) is 0 Å². The van der Waals surface area contributed by atoms with E-state index < -0.39 is 0 Å². The highest BCUT2D eigenvalue weighted by Gasteiger charge is 2.10. The molecule has 6 heteroatoms. The van der Waals surface area contributed by atoms with Crippen LogP contribution < -0.4 is 5.32 Å². The molecular formula is C23H21N3O3. The largest absolute Gasteiger partial charge is 0.467 e. The van der Waals surface area contributed by atoms with Crippen molar-refractivity contribution >= 4 is 5.91 Å². The van der Waals surface area contributed by atoms with Crippen LogP contribution in [0.15, 0.2) is 89.7 Å². The topological polar surface area (TPSA) is 69.3 Å². The summed E-state index contributed by atoms with van der Waals surface area (Å²) in [4.78, 5) is 12.4. The number of benzene rings is 2. The lowest BCUT2D eigenvalue weighted by Gasteiger charge is -2.07. The third kappa shape index (κ3) is 5.00. The molecule has 0 atom stereocenters. The highest BCUT2D eigenvalue weighted by atomic mass is 16.5. The molecule has 0 radical (unpaired) electrons. The van der Waals surface area contributed by atoms with E-state index in [0.717, 1.165) is 22.6 Å². The van der Waals surface area contributed by atoms with Gasteiger partial charge in [-0.1, -0.05) is 42.5 Å². The van der Waals surface area contributed by atoms with Crippen LogP contribution in [-0.4, -0.2) is 15.7 Å². The monoisotopic (exact) mass is 387 g/mol. The minimum atomic E-state index is -0.209. The van der Waals surface area contributed by atoms with E-state index in [0.29, 0.717) is 25.5 Å². The molecule has 0 fully saturated rings. The fourth-order valence-electron chi connectivity index (χ4n) is 2.94. The van der Waals surface area contributed by atoms with E-state index in [1.807, 2.05) is 66.7 Å². The van der Waals surface area contributed by atoms with Gasteiger partial charge in [0.1, 0.15) is 12.4 Å². The third-order valence-corrected chi connectivity index (χ3v) is 4.38. The van der Waals surface area contributed by atoms with Crippen molar-refractivity contribution in [2.45, 2.75) is 19.8 Å². The van der Waals surface area contributed by atoms with Crippen molar-refractivity contribution < 1.29 is 13.9 Å². The quantitative estimate of drug-likeness (QED) is 0.494. The molecule has 2 aromatic heterocycles. The Morgan fingerprint density at radius 3 is 2.66 bits per heavy atom. The Morgan fingerprint density at radius 2 is 1.83 bits per heavy atom. The zero-order chi connectivity index (χ0) is 19.9. The Labute approximate surface area is 168 Å². The maximum Gasteiger partial charge on any atom is 0.272 e. The molecule has 0 aliphatic carbocycles. The number of nitrogens with zero attached hydrogens (tertiary/aromatic N) is 2. The van der Waals surface area contributed by atoms with Gasteiger partial charge in [0.25, 0.3) is 5.91 Å². The normalized spacial score (nSPS) is 10.8. The molecule has 4 rings (SSSR count). The molecule has 2 aromatic carbocycles. The third-order valence-electron chi connectivity index (χ3n) is 4.38. The fourth-order valence-corrected chi connectivity index (χ4v) is 2.94. The van der Waals surface area contributed by atoms with Gasteiger partial charge >= 0.3 is 0 Å². The van der Waals surface area contributed by atoms with Crippen LogP contribution in [0, 0.1) is 0 Å². The van der Waals surface area contributed by atoms with Gasteiger partial charge in [-0.3, -0.25) is 4.79 Å². The first-order valence-electron chi connectivity index (χ1n) is 9.35. The van der Waals surface area contributed by atoms with E-state index in [9.17, 15) is 4.79 Å². The minimum absolute atomic E-state index is 0.209. The van der Waals surface area contributed by atoms with Crippen molar-refractivity contribution in [2.24, 2.45) is 0 Å². The van der Waals surface area contributed by atoms with Crippen LogP contribution >= 0.6 is 0 Å². The van der Waals surface area contributed by atoms with E-state index in [-0.39, 0.29) is 5.91 Å². The van der Waals surface area contributed by atoms with Gasteiger partial charge < -0.3 is 14.5 Å². The molecule has 0 bridgehead atoms. The summed E-state index contributed by atoms with van der Waals surface area (Å²) < 4.78 is 12.6. The molecule has 1 amide bonds. The van der Waals surface area contributed by atoms with Gasteiger partial charge in [0.05, 0.1) is 18.6 Å². The van der Waals surface area contributed by atoms with Gasteiger partial charge in [-0.2, -0.15) is 5.10 Å². The second-order valence-electron chi connectivity index (χ2n) is 6.56. The lowest BCUT2D eigenvalue weighted by molar-refractivity contribution is 0.0928. The van der Waals surface area contributed by atoms with Gasteiger partial charge in [0.15, 0.2) is 5.69 Å². The summed E-state index contributed by atoms with van der Waals surface area (Å²) in [6.07, 6.45) is 3.41. The van der Waals surface area contributed by atoms with Crippen molar-refractivity contribution in [1.29, 1.82) is 0 Å². The molecule has 6 nitrogen and oxygen atoms in total. The predicted octanol–water partition coefficient (Wildman–Crippen LogP) is 4.11. The minimum Gasteiger partial charge on any atom is -0.467 e. The van der Waals surface area contributed by atoms with Crippen LogP contribution in [-0.2, 0) is 24.5 Å². The van der Waals surface area contributed by atoms with Crippen LogP contribution in [0.25, 0.3) is 5.69 Å². The first kappa shape index (κ1) is 18.7. The Hall–Kier alpha value is -3.64. The second kappa shape index (κ2) is 9.03. The number of ether oxygens (including phenoxy) is 1. The molecule has 0 unspecified atom stereocenters. The smallest absolute Gasteiger partial charge is 0.272 e. The van der Waals surface area contributed by atoms with Gasteiger partial charge in [-0.25, -0.2) is 4.68 Å². The van der Waals surface area contributed by atoms with Crippen molar-refractivity contribution in [3.05, 3.63) is 108 Å². The van der Waals surface area contributed by atoms with Gasteiger partial charge in [-0.05, 0) is 41.5 Å². The number of aromatic nitrogens is 2. The number of nitrogens with one attached hydrogen (secondary N) is 1. The molecule has 29 heavy (non-hydrogen) atoms. The molecule has 2 heterocycles. The SMILES string of the molecule is O=C(NCc1cccc(COCc2ccco2)c1)c1ccn(-c2ccccc2)n1. The summed E-state index contributed by atoms with van der Waals surface area (Å²) in [6, 6.07) is 23.1. The number of amides is 1. The summed E-state index contributed by atoms with van der Waals surface area (Å²) in [5, 5.41) is 7.27. The number of rotatable bonds is 8. The van der Waals surface area contributed by atoms with E-state index >= 15 is 0 Å². The summed E-state index contributed by atoms with van der Waals surface area (Å²) in [7, 11) is 0. The Morgan fingerprint density at radius 1 is 0.966 bits per heavy atom. The standard InChI is InChI=1S/C23H21N3O3/c27-23(22-11-12-26(25-22)20-8-2-1-3-9-20)24-15-18-6-4-7-19(14-18)16-28-17-21-10-5-13-29-21/h1-14H,15-17H2,(H,24,27). The molecule has 1 N–H and O–H groups in total. The summed E-state index contributed by atoms with van der Waals surface area (Å²) in [6.45, 7) is 1.32. The number of furan rings is 1. The number of para-hydroxylation sites is 1. The van der Waals surface area contributed by atoms with Crippen molar-refractivity contribution in [2.75, 3.05) is 0 Å². The van der Waals surface area contributed by atoms with Crippen LogP contribution in [0.3, 0.4) is 0 Å². The number of hydrogen-bond acceptors (Lipinski definition) is 4. The molecular weight excluding hydrogens is 366 g/mol. The zero-order valence-corrected chi connectivity index (χ0v) is 15.8. The Kier molecular flexibility index (Phi) is 5.83. The van der Waals surface area contributed by atoms with Crippen LogP contribution in [0.1, 0.15) is 27.4 Å². The lowest BCUT2D eigenvalue weighted by atomic mass is 10.1. The van der Waals surface area contributed by atoms with Crippen LogP contribution in [0.4, 0.5) is 0 Å². The van der Waals surface area contributed by atoms with E-state index in [1.165, 1.54) is 0 Å². The summed E-state index contributed by atoms with van der Waals surface area (Å²) in [5.41, 5.74) is 3.33. The average Bonchev–Trinajstić information content (AvgIpc) is 3.45. The van der Waals surface area contributed by atoms with Crippen molar-refractivity contribution in [3.8, 4) is 5.69 Å². The first-order valence-corrected chi connectivity index (χ1v) is 9.35. The molecule has 146 valence electrons. The number of carbonyl (C=O) groups is 1. The number of hydrogen-bond donors (Lipinski definition) is 1. The highest BCUT2D eigenvalue weighted by Crippen LogP contribution is 2.10.